The number of carbonyl (C=O) groups excluding carboxylic acids is 1. The van der Waals surface area contributed by atoms with Gasteiger partial charge in [-0.1, -0.05) is 49.7 Å². The third kappa shape index (κ3) is 5.33. The number of imidazole rings is 1. The Labute approximate surface area is 226 Å². The average Bonchev–Trinajstić information content (AvgIpc) is 3.60. The number of pyridine rings is 1. The van der Waals surface area contributed by atoms with Crippen LogP contribution in [-0.2, 0) is 13.0 Å². The van der Waals surface area contributed by atoms with Crippen LogP contribution in [0.4, 0.5) is 13.2 Å². The molecule has 40 heavy (non-hydrogen) atoms. The topological polar surface area (TPSA) is 111 Å². The minimum atomic E-state index is -5.06. The van der Waals surface area contributed by atoms with Crippen molar-refractivity contribution >= 4 is 5.78 Å². The van der Waals surface area contributed by atoms with Crippen LogP contribution >= 0.6 is 0 Å². The normalized spacial score (nSPS) is 11.6. The maximum Gasteiger partial charge on any atom is 0.454 e. The molecule has 2 aromatic carbocycles. The van der Waals surface area contributed by atoms with Gasteiger partial charge in [-0.15, -0.1) is 10.2 Å². The Balaban J connectivity index is 1.50. The number of aromatic amines is 1. The van der Waals surface area contributed by atoms with E-state index in [-0.39, 0.29) is 12.2 Å². The number of hydrogen-bond donors (Lipinski definition) is 1. The predicted octanol–water partition coefficient (Wildman–Crippen LogP) is 5.02. The second-order valence-corrected chi connectivity index (χ2v) is 9.16. The second-order valence-electron chi connectivity index (χ2n) is 9.16. The maximum absolute atomic E-state index is 13.6. The predicted molar refractivity (Wildman–Crippen MR) is 141 cm³/mol. The molecule has 5 rings (SSSR count). The molecule has 3 heterocycles. The van der Waals surface area contributed by atoms with E-state index in [0.29, 0.717) is 23.5 Å². The molecule has 9 nitrogen and oxygen atoms in total. The Morgan fingerprint density at radius 1 is 1.02 bits per heavy atom. The van der Waals surface area contributed by atoms with Gasteiger partial charge in [-0.25, -0.2) is 4.79 Å². The van der Waals surface area contributed by atoms with Gasteiger partial charge in [0, 0.05) is 29.8 Å². The van der Waals surface area contributed by atoms with Crippen molar-refractivity contribution in [1.29, 1.82) is 0 Å². The Hall–Kier alpha value is -4.87. The molecule has 0 bridgehead atoms. The minimum Gasteiger partial charge on any atom is -0.292 e. The van der Waals surface area contributed by atoms with Gasteiger partial charge in [-0.2, -0.15) is 18.4 Å². The summed E-state index contributed by atoms with van der Waals surface area (Å²) < 4.78 is 42.5. The van der Waals surface area contributed by atoms with Crippen LogP contribution in [0, 0.1) is 0 Å². The molecular formula is C28H24F3N7O2. The van der Waals surface area contributed by atoms with Crippen molar-refractivity contribution in [1.82, 2.24) is 34.7 Å². The number of benzene rings is 2. The molecular weight excluding hydrogens is 523 g/mol. The molecule has 0 spiro atoms. The van der Waals surface area contributed by atoms with Gasteiger partial charge in [0.25, 0.3) is 5.78 Å². The Morgan fingerprint density at radius 3 is 2.50 bits per heavy atom. The highest BCUT2D eigenvalue weighted by Crippen LogP contribution is 2.29. The lowest BCUT2D eigenvalue weighted by Crippen LogP contribution is -2.28. The number of aromatic nitrogens is 7. The first-order valence-electron chi connectivity index (χ1n) is 12.6. The van der Waals surface area contributed by atoms with Gasteiger partial charge in [-0.3, -0.25) is 18.9 Å². The van der Waals surface area contributed by atoms with E-state index in [0.717, 1.165) is 40.2 Å². The molecule has 5 aromatic rings. The molecule has 0 radical (unpaired) electrons. The van der Waals surface area contributed by atoms with E-state index in [4.69, 9.17) is 0 Å². The number of tetrazole rings is 1. The van der Waals surface area contributed by atoms with E-state index in [1.165, 1.54) is 29.0 Å². The number of alkyl halides is 3. The highest BCUT2D eigenvalue weighted by atomic mass is 19.4. The van der Waals surface area contributed by atoms with Crippen LogP contribution in [0.1, 0.15) is 41.4 Å². The Bertz CT molecular complexity index is 1690. The number of Topliss-reactive ketones (excluding diaryl/α,β-unsaturated/α-hetero) is 1. The van der Waals surface area contributed by atoms with Gasteiger partial charge in [0.2, 0.25) is 5.82 Å². The number of para-hydroxylation sites is 1. The SMILES string of the molecule is CCCCc1cn(-c2ccccc2C(=O)C(F)(F)F)c(=O)n1Cc1ccc(-c2ccncc2-c2nn[nH]n2)cc1. The summed E-state index contributed by atoms with van der Waals surface area (Å²) in [4.78, 5) is 29.8. The van der Waals surface area contributed by atoms with Crippen LogP contribution < -0.4 is 5.69 Å². The van der Waals surface area contributed by atoms with Crippen molar-refractivity contribution in [2.75, 3.05) is 0 Å². The third-order valence-electron chi connectivity index (χ3n) is 6.53. The Morgan fingerprint density at radius 2 is 1.80 bits per heavy atom. The van der Waals surface area contributed by atoms with Gasteiger partial charge in [0.1, 0.15) is 0 Å². The summed E-state index contributed by atoms with van der Waals surface area (Å²) >= 11 is 0. The van der Waals surface area contributed by atoms with Gasteiger partial charge in [-0.05, 0) is 52.9 Å². The highest BCUT2D eigenvalue weighted by molar-refractivity contribution is 6.03. The van der Waals surface area contributed by atoms with E-state index in [1.54, 1.807) is 12.4 Å². The summed E-state index contributed by atoms with van der Waals surface area (Å²) in [6, 6.07) is 14.7. The van der Waals surface area contributed by atoms with Crippen molar-refractivity contribution in [2.24, 2.45) is 0 Å². The molecule has 0 saturated heterocycles. The molecule has 0 aliphatic carbocycles. The fourth-order valence-corrected chi connectivity index (χ4v) is 4.53. The number of halogens is 3. The summed E-state index contributed by atoms with van der Waals surface area (Å²) in [5.41, 5.74) is 2.71. The molecule has 0 saturated carbocycles. The zero-order chi connectivity index (χ0) is 28.3. The van der Waals surface area contributed by atoms with E-state index in [2.05, 4.69) is 25.6 Å². The number of nitrogens with zero attached hydrogens (tertiary/aromatic N) is 6. The summed E-state index contributed by atoms with van der Waals surface area (Å²) in [6.45, 7) is 2.21. The van der Waals surface area contributed by atoms with Crippen LogP contribution in [0.15, 0.2) is 78.0 Å². The zero-order valence-corrected chi connectivity index (χ0v) is 21.4. The number of unbranched alkanes of at least 4 members (excludes halogenated alkanes) is 1. The molecule has 204 valence electrons. The molecule has 12 heteroatoms. The van der Waals surface area contributed by atoms with Crippen molar-refractivity contribution in [2.45, 2.75) is 38.9 Å². The Kier molecular flexibility index (Phi) is 7.41. The first-order chi connectivity index (χ1) is 19.3. The molecule has 3 aromatic heterocycles. The van der Waals surface area contributed by atoms with Gasteiger partial charge in [0.15, 0.2) is 0 Å². The fourth-order valence-electron chi connectivity index (χ4n) is 4.53. The van der Waals surface area contributed by atoms with Gasteiger partial charge in [0.05, 0.1) is 17.8 Å². The van der Waals surface area contributed by atoms with Crippen LogP contribution in [0.3, 0.4) is 0 Å². The summed E-state index contributed by atoms with van der Waals surface area (Å²) in [5, 5.41) is 14.1. The number of hydrogen-bond acceptors (Lipinski definition) is 6. The van der Waals surface area contributed by atoms with E-state index >= 15 is 0 Å². The van der Waals surface area contributed by atoms with Crippen molar-refractivity contribution < 1.29 is 18.0 Å². The first-order valence-corrected chi connectivity index (χ1v) is 12.6. The summed E-state index contributed by atoms with van der Waals surface area (Å²) in [6.07, 6.45) is 1.99. The molecule has 0 aliphatic rings. The molecule has 0 fully saturated rings. The average molecular weight is 548 g/mol. The summed E-state index contributed by atoms with van der Waals surface area (Å²) in [7, 11) is 0. The number of carbonyl (C=O) groups is 1. The van der Waals surface area contributed by atoms with Crippen molar-refractivity contribution in [3.8, 4) is 28.2 Å². The fraction of sp³-hybridized carbons (Fsp3) is 0.214. The van der Waals surface area contributed by atoms with E-state index < -0.39 is 23.2 Å². The van der Waals surface area contributed by atoms with Crippen molar-refractivity contribution in [3.63, 3.8) is 0 Å². The molecule has 0 aliphatic heterocycles. The zero-order valence-electron chi connectivity index (χ0n) is 21.4. The number of H-pyrrole nitrogens is 1. The summed E-state index contributed by atoms with van der Waals surface area (Å²) in [5.74, 6) is -1.59. The molecule has 0 atom stereocenters. The smallest absolute Gasteiger partial charge is 0.292 e. The molecule has 0 unspecified atom stereocenters. The van der Waals surface area contributed by atoms with Gasteiger partial charge >= 0.3 is 11.9 Å². The number of nitrogens with one attached hydrogen (secondary N) is 1. The first kappa shape index (κ1) is 26.7. The van der Waals surface area contributed by atoms with Crippen LogP contribution in [0.25, 0.3) is 28.2 Å². The monoisotopic (exact) mass is 547 g/mol. The van der Waals surface area contributed by atoms with Crippen molar-refractivity contribution in [3.05, 3.63) is 100 Å². The van der Waals surface area contributed by atoms with Gasteiger partial charge < -0.3 is 0 Å². The quantitative estimate of drug-likeness (QED) is 0.260. The number of ketones is 1. The lowest BCUT2D eigenvalue weighted by molar-refractivity contribution is -0.0885. The minimum absolute atomic E-state index is 0.103. The largest absolute Gasteiger partial charge is 0.454 e. The van der Waals surface area contributed by atoms with E-state index in [9.17, 15) is 22.8 Å². The maximum atomic E-state index is 13.6. The second kappa shape index (κ2) is 11.1. The third-order valence-corrected chi connectivity index (χ3v) is 6.53. The number of rotatable bonds is 9. The van der Waals surface area contributed by atoms with Crippen LogP contribution in [0.2, 0.25) is 0 Å². The number of aryl methyl sites for hydroxylation is 1. The lowest BCUT2D eigenvalue weighted by atomic mass is 10.00. The highest BCUT2D eigenvalue weighted by Gasteiger charge is 2.40. The van der Waals surface area contributed by atoms with E-state index in [1.807, 2.05) is 37.3 Å². The lowest BCUT2D eigenvalue weighted by Gasteiger charge is -2.11. The standard InChI is InChI=1S/C28H24F3N7O2/c1-2-3-6-20-17-38(24-8-5-4-7-22(24)25(39)28(29,30)31)27(40)37(20)16-18-9-11-19(12-10-18)21-13-14-32-15-23(21)26-33-35-36-34-26/h4-5,7-15,17H,2-3,6,16H2,1H3,(H,33,34,35,36). The van der Waals surface area contributed by atoms with Crippen LogP contribution in [0.5, 0.6) is 0 Å². The molecule has 0 amide bonds. The van der Waals surface area contributed by atoms with Crippen LogP contribution in [-0.4, -0.2) is 46.7 Å². The molecule has 1 N–H and O–H groups in total.